The Labute approximate surface area is 211 Å². The molecule has 2 aliphatic rings. The minimum absolute atomic E-state index is 0.663. The van der Waals surface area contributed by atoms with Crippen molar-refractivity contribution in [2.45, 2.75) is 52.1 Å². The summed E-state index contributed by atoms with van der Waals surface area (Å²) in [6.45, 7) is 14.4. The Morgan fingerprint density at radius 1 is 1.00 bits per heavy atom. The molecule has 0 bridgehead atoms. The van der Waals surface area contributed by atoms with E-state index >= 15 is 0 Å². The van der Waals surface area contributed by atoms with Gasteiger partial charge in [-0.15, -0.1) is 0 Å². The van der Waals surface area contributed by atoms with Crippen LogP contribution in [-0.4, -0.2) is 100 Å². The highest BCUT2D eigenvalue weighted by atomic mass is 19.4. The van der Waals surface area contributed by atoms with Gasteiger partial charge < -0.3 is 19.8 Å². The van der Waals surface area contributed by atoms with Gasteiger partial charge >= 0.3 is 24.3 Å². The summed E-state index contributed by atoms with van der Waals surface area (Å²) in [6.07, 6.45) is -5.77. The van der Waals surface area contributed by atoms with Crippen molar-refractivity contribution in [3.05, 3.63) is 18.0 Å². The number of carbonyl (C=O) groups is 2. The first kappa shape index (κ1) is 32.6. The van der Waals surface area contributed by atoms with Gasteiger partial charge in [0.25, 0.3) is 0 Å². The third-order valence-corrected chi connectivity index (χ3v) is 5.89. The Kier molecular flexibility index (Phi) is 13.3. The molecule has 1 saturated heterocycles. The number of hydrogen-bond acceptors (Lipinski definition) is 6. The van der Waals surface area contributed by atoms with Gasteiger partial charge in [-0.2, -0.15) is 31.4 Å². The molecule has 3 rings (SSSR count). The van der Waals surface area contributed by atoms with Crippen molar-refractivity contribution in [2.24, 2.45) is 11.8 Å². The Hall–Kier alpha value is -2.39. The van der Waals surface area contributed by atoms with E-state index in [1.807, 2.05) is 6.20 Å². The van der Waals surface area contributed by atoms with Crippen LogP contribution in [0.25, 0.3) is 0 Å². The second kappa shape index (κ2) is 15.1. The molecule has 0 spiro atoms. The van der Waals surface area contributed by atoms with E-state index in [0.717, 1.165) is 45.3 Å². The third-order valence-electron chi connectivity index (χ3n) is 5.89. The average molecular weight is 549 g/mol. The van der Waals surface area contributed by atoms with Gasteiger partial charge in [-0.05, 0) is 37.9 Å². The maximum atomic E-state index is 10.6. The lowest BCUT2D eigenvalue weighted by atomic mass is 9.99. The molecule has 9 nitrogen and oxygen atoms in total. The smallest absolute Gasteiger partial charge is 0.475 e. The predicted octanol–water partition coefficient (Wildman–Crippen LogP) is 3.35. The molecule has 0 radical (unpaired) electrons. The van der Waals surface area contributed by atoms with Gasteiger partial charge in [0.15, 0.2) is 0 Å². The van der Waals surface area contributed by atoms with E-state index in [2.05, 4.69) is 39.5 Å². The zero-order valence-corrected chi connectivity index (χ0v) is 20.8. The molecule has 1 unspecified atom stereocenters. The minimum atomic E-state index is -5.08. The van der Waals surface area contributed by atoms with Crippen molar-refractivity contribution in [1.82, 2.24) is 19.6 Å². The zero-order valence-electron chi connectivity index (χ0n) is 20.8. The standard InChI is InChI=1S/C18H32N4O.2C2HF3O2/c1-3-20(4-2)12-17-13-21(11-16-6-9-23-10-7-16)15-18-5-8-19-22(18)14-17;2*3-2(4,5)1(6)7/h5,8,16-17H,3-4,6-7,9-15H2,1-2H3;2*(H,6,7). The summed E-state index contributed by atoms with van der Waals surface area (Å²) in [5.41, 5.74) is 1.37. The number of halogens is 6. The van der Waals surface area contributed by atoms with E-state index in [1.54, 1.807) is 0 Å². The summed E-state index contributed by atoms with van der Waals surface area (Å²) in [5, 5.41) is 18.8. The van der Waals surface area contributed by atoms with Crippen LogP contribution in [0.4, 0.5) is 26.3 Å². The Morgan fingerprint density at radius 3 is 1.97 bits per heavy atom. The lowest BCUT2D eigenvalue weighted by molar-refractivity contribution is -0.193. The SMILES string of the molecule is CCN(CC)CC1CN(CC2CCOCC2)Cc2ccnn2C1.O=C(O)C(F)(F)F.O=C(O)C(F)(F)F. The number of alkyl halides is 6. The first-order valence-corrected chi connectivity index (χ1v) is 11.8. The molecule has 0 saturated carbocycles. The van der Waals surface area contributed by atoms with Crippen LogP contribution in [0.1, 0.15) is 32.4 Å². The first-order valence-electron chi connectivity index (χ1n) is 11.8. The fraction of sp³-hybridized carbons (Fsp3) is 0.773. The van der Waals surface area contributed by atoms with Crippen molar-refractivity contribution in [3.63, 3.8) is 0 Å². The van der Waals surface area contributed by atoms with Crippen molar-refractivity contribution >= 4 is 11.9 Å². The Bertz CT molecular complexity index is 799. The molecule has 2 aliphatic heterocycles. The highest BCUT2D eigenvalue weighted by Crippen LogP contribution is 2.22. The van der Waals surface area contributed by atoms with Crippen molar-refractivity contribution in [2.75, 3.05) is 45.9 Å². The predicted molar refractivity (Wildman–Crippen MR) is 120 cm³/mol. The molecule has 2 N–H and O–H groups in total. The average Bonchev–Trinajstić information content (AvgIpc) is 3.16. The van der Waals surface area contributed by atoms with Crippen LogP contribution >= 0.6 is 0 Å². The van der Waals surface area contributed by atoms with Crippen LogP contribution in [-0.2, 0) is 27.4 Å². The Balaban J connectivity index is 0.000000404. The summed E-state index contributed by atoms with van der Waals surface area (Å²) in [6, 6.07) is 2.19. The number of rotatable bonds is 6. The molecular weight excluding hydrogens is 514 g/mol. The van der Waals surface area contributed by atoms with Crippen molar-refractivity contribution in [3.8, 4) is 0 Å². The number of fused-ring (bicyclic) bond motifs is 1. The molecule has 1 aromatic heterocycles. The summed E-state index contributed by atoms with van der Waals surface area (Å²) < 4.78 is 71.2. The largest absolute Gasteiger partial charge is 0.490 e. The maximum Gasteiger partial charge on any atom is 0.490 e. The molecule has 0 aromatic carbocycles. The fourth-order valence-corrected chi connectivity index (χ4v) is 4.02. The molecular formula is C22H34F6N4O5. The van der Waals surface area contributed by atoms with Crippen LogP contribution in [0, 0.1) is 11.8 Å². The molecule has 15 heteroatoms. The van der Waals surface area contributed by atoms with E-state index in [-0.39, 0.29) is 0 Å². The number of hydrogen-bond donors (Lipinski definition) is 2. The van der Waals surface area contributed by atoms with Crippen molar-refractivity contribution in [1.29, 1.82) is 0 Å². The van der Waals surface area contributed by atoms with Gasteiger partial charge in [-0.25, -0.2) is 9.59 Å². The molecule has 0 amide bonds. The van der Waals surface area contributed by atoms with Gasteiger partial charge in [0.05, 0.1) is 5.69 Å². The molecule has 0 aliphatic carbocycles. The van der Waals surface area contributed by atoms with Gasteiger partial charge in [0.2, 0.25) is 0 Å². The van der Waals surface area contributed by atoms with Crippen LogP contribution in [0.2, 0.25) is 0 Å². The maximum absolute atomic E-state index is 10.6. The zero-order chi connectivity index (χ0) is 28.2. The third kappa shape index (κ3) is 12.6. The number of aliphatic carboxylic acids is 2. The fourth-order valence-electron chi connectivity index (χ4n) is 4.02. The van der Waals surface area contributed by atoms with E-state index in [1.165, 1.54) is 38.2 Å². The molecule has 1 aromatic rings. The number of carboxylic acid groups (broad SMARTS) is 2. The minimum Gasteiger partial charge on any atom is -0.475 e. The second-order valence-corrected chi connectivity index (χ2v) is 8.71. The molecule has 1 atom stereocenters. The summed E-state index contributed by atoms with van der Waals surface area (Å²) >= 11 is 0. The Morgan fingerprint density at radius 2 is 1.51 bits per heavy atom. The number of carboxylic acids is 2. The summed E-state index contributed by atoms with van der Waals surface area (Å²) in [5.74, 6) is -4.05. The number of ether oxygens (including phenoxy) is 1. The highest BCUT2D eigenvalue weighted by Gasteiger charge is 2.38. The van der Waals surface area contributed by atoms with Crippen LogP contribution in [0.3, 0.4) is 0 Å². The molecule has 3 heterocycles. The van der Waals surface area contributed by atoms with E-state index < -0.39 is 24.3 Å². The highest BCUT2D eigenvalue weighted by molar-refractivity contribution is 5.73. The molecule has 214 valence electrons. The topological polar surface area (TPSA) is 108 Å². The van der Waals surface area contributed by atoms with Gasteiger partial charge in [-0.3, -0.25) is 9.58 Å². The van der Waals surface area contributed by atoms with Gasteiger partial charge in [0.1, 0.15) is 0 Å². The quantitative estimate of drug-likeness (QED) is 0.522. The van der Waals surface area contributed by atoms with E-state index in [4.69, 9.17) is 24.5 Å². The van der Waals surface area contributed by atoms with Crippen LogP contribution in [0.5, 0.6) is 0 Å². The van der Waals surface area contributed by atoms with E-state index in [0.29, 0.717) is 5.92 Å². The number of aromatic nitrogens is 2. The molecule has 37 heavy (non-hydrogen) atoms. The van der Waals surface area contributed by atoms with Crippen LogP contribution in [0.15, 0.2) is 12.3 Å². The van der Waals surface area contributed by atoms with Gasteiger partial charge in [0, 0.05) is 58.1 Å². The lowest BCUT2D eigenvalue weighted by Gasteiger charge is -2.31. The van der Waals surface area contributed by atoms with Crippen LogP contribution < -0.4 is 0 Å². The monoisotopic (exact) mass is 548 g/mol. The van der Waals surface area contributed by atoms with E-state index in [9.17, 15) is 26.3 Å². The first-order chi connectivity index (χ1) is 17.2. The lowest BCUT2D eigenvalue weighted by Crippen LogP contribution is -2.39. The normalized spacial score (nSPS) is 19.1. The number of nitrogens with zero attached hydrogens (tertiary/aromatic N) is 4. The summed E-state index contributed by atoms with van der Waals surface area (Å²) in [7, 11) is 0. The van der Waals surface area contributed by atoms with Crippen molar-refractivity contribution < 1.29 is 50.9 Å². The second-order valence-electron chi connectivity index (χ2n) is 8.71. The summed E-state index contributed by atoms with van der Waals surface area (Å²) in [4.78, 5) is 23.0. The molecule has 1 fully saturated rings. The van der Waals surface area contributed by atoms with Gasteiger partial charge in [-0.1, -0.05) is 13.8 Å².